The highest BCUT2D eigenvalue weighted by Crippen LogP contribution is 2.26. The molecule has 2 rings (SSSR count). The average Bonchev–Trinajstić information content (AvgIpc) is 2.71. The van der Waals surface area contributed by atoms with Gasteiger partial charge in [-0.05, 0) is 37.1 Å². The van der Waals surface area contributed by atoms with Gasteiger partial charge in [-0.1, -0.05) is 25.7 Å². The standard InChI is InChI=1S/C16H24N2O3/c1-21-14-8-6-13(7-9-14)18-15(19)17-12-16(20)10-4-2-3-5-11-16/h6-9,20H,2-5,10-12H2,1H3,(H2,17,18,19). The highest BCUT2D eigenvalue weighted by Gasteiger charge is 2.28. The van der Waals surface area contributed by atoms with Crippen LogP contribution in [0.4, 0.5) is 10.5 Å². The zero-order valence-corrected chi connectivity index (χ0v) is 12.5. The van der Waals surface area contributed by atoms with Crippen LogP contribution in [0, 0.1) is 0 Å². The Morgan fingerprint density at radius 1 is 1.19 bits per heavy atom. The number of hydrogen-bond acceptors (Lipinski definition) is 3. The minimum atomic E-state index is -0.756. The number of methoxy groups -OCH3 is 1. The number of aliphatic hydroxyl groups is 1. The Hall–Kier alpha value is -1.75. The smallest absolute Gasteiger partial charge is 0.319 e. The molecule has 1 aliphatic rings. The van der Waals surface area contributed by atoms with Crippen molar-refractivity contribution >= 4 is 11.7 Å². The van der Waals surface area contributed by atoms with Crippen LogP contribution in [0.25, 0.3) is 0 Å². The molecular formula is C16H24N2O3. The van der Waals surface area contributed by atoms with Crippen LogP contribution in [0.5, 0.6) is 5.75 Å². The van der Waals surface area contributed by atoms with Crippen molar-refractivity contribution in [2.75, 3.05) is 19.0 Å². The fraction of sp³-hybridized carbons (Fsp3) is 0.562. The highest BCUT2D eigenvalue weighted by molar-refractivity contribution is 5.89. The van der Waals surface area contributed by atoms with Crippen LogP contribution < -0.4 is 15.4 Å². The van der Waals surface area contributed by atoms with Crippen LogP contribution in [-0.4, -0.2) is 30.4 Å². The number of carbonyl (C=O) groups excluding carboxylic acids is 1. The third-order valence-corrected chi connectivity index (χ3v) is 3.96. The summed E-state index contributed by atoms with van der Waals surface area (Å²) in [6.45, 7) is 0.301. The van der Waals surface area contributed by atoms with Crippen LogP contribution in [0.1, 0.15) is 38.5 Å². The molecule has 21 heavy (non-hydrogen) atoms. The van der Waals surface area contributed by atoms with Crippen molar-refractivity contribution in [3.63, 3.8) is 0 Å². The number of benzene rings is 1. The molecule has 0 bridgehead atoms. The van der Waals surface area contributed by atoms with Gasteiger partial charge in [-0.3, -0.25) is 0 Å². The molecule has 0 radical (unpaired) electrons. The number of ether oxygens (including phenoxy) is 1. The lowest BCUT2D eigenvalue weighted by molar-refractivity contribution is 0.0281. The summed E-state index contributed by atoms with van der Waals surface area (Å²) in [4.78, 5) is 11.9. The molecule has 0 aromatic heterocycles. The summed E-state index contributed by atoms with van der Waals surface area (Å²) in [7, 11) is 1.60. The van der Waals surface area contributed by atoms with Gasteiger partial charge in [0, 0.05) is 12.2 Å². The molecule has 0 saturated heterocycles. The van der Waals surface area contributed by atoms with Gasteiger partial charge in [0.25, 0.3) is 0 Å². The van der Waals surface area contributed by atoms with Gasteiger partial charge in [0.2, 0.25) is 0 Å². The third kappa shape index (κ3) is 4.93. The van der Waals surface area contributed by atoms with E-state index in [1.165, 1.54) is 12.8 Å². The van der Waals surface area contributed by atoms with E-state index in [-0.39, 0.29) is 6.03 Å². The number of amides is 2. The number of nitrogens with one attached hydrogen (secondary N) is 2. The number of urea groups is 1. The molecule has 3 N–H and O–H groups in total. The Labute approximate surface area is 125 Å². The molecule has 5 nitrogen and oxygen atoms in total. The molecule has 2 amide bonds. The molecule has 5 heteroatoms. The molecule has 116 valence electrons. The normalized spacial score (nSPS) is 17.6. The first-order valence-electron chi connectivity index (χ1n) is 7.53. The van der Waals surface area contributed by atoms with Crippen LogP contribution in [0.2, 0.25) is 0 Å². The Balaban J connectivity index is 1.80. The molecule has 1 aromatic rings. The predicted molar refractivity (Wildman–Crippen MR) is 82.7 cm³/mol. The van der Waals surface area contributed by atoms with Gasteiger partial charge in [0.1, 0.15) is 5.75 Å². The van der Waals surface area contributed by atoms with Crippen molar-refractivity contribution in [3.05, 3.63) is 24.3 Å². The zero-order chi connectivity index (χ0) is 15.1. The first kappa shape index (κ1) is 15.6. The quantitative estimate of drug-likeness (QED) is 0.747. The Kier molecular flexibility index (Phi) is 5.44. The van der Waals surface area contributed by atoms with Crippen LogP contribution in [0.15, 0.2) is 24.3 Å². The number of rotatable bonds is 4. The van der Waals surface area contributed by atoms with Crippen molar-refractivity contribution in [1.82, 2.24) is 5.32 Å². The maximum absolute atomic E-state index is 11.9. The van der Waals surface area contributed by atoms with Gasteiger partial charge in [-0.25, -0.2) is 4.79 Å². The summed E-state index contributed by atoms with van der Waals surface area (Å²) in [6.07, 6.45) is 5.91. The molecule has 1 aromatic carbocycles. The van der Waals surface area contributed by atoms with Crippen LogP contribution in [0.3, 0.4) is 0 Å². The van der Waals surface area contributed by atoms with Crippen molar-refractivity contribution in [3.8, 4) is 5.75 Å². The SMILES string of the molecule is COc1ccc(NC(=O)NCC2(O)CCCCCC2)cc1. The molecule has 1 fully saturated rings. The van der Waals surface area contributed by atoms with E-state index in [0.29, 0.717) is 12.2 Å². The summed E-state index contributed by atoms with van der Waals surface area (Å²) >= 11 is 0. The Morgan fingerprint density at radius 3 is 2.38 bits per heavy atom. The minimum Gasteiger partial charge on any atom is -0.497 e. The van der Waals surface area contributed by atoms with E-state index in [1.807, 2.05) is 0 Å². The van der Waals surface area contributed by atoms with Crippen molar-refractivity contribution < 1.29 is 14.6 Å². The maximum Gasteiger partial charge on any atom is 0.319 e. The number of hydrogen-bond donors (Lipinski definition) is 3. The molecule has 1 saturated carbocycles. The number of carbonyl (C=O) groups is 1. The molecule has 0 aliphatic heterocycles. The van der Waals surface area contributed by atoms with E-state index < -0.39 is 5.60 Å². The van der Waals surface area contributed by atoms with Crippen molar-refractivity contribution in [2.45, 2.75) is 44.1 Å². The highest BCUT2D eigenvalue weighted by atomic mass is 16.5. The van der Waals surface area contributed by atoms with Crippen molar-refractivity contribution in [2.24, 2.45) is 0 Å². The lowest BCUT2D eigenvalue weighted by Gasteiger charge is -2.26. The van der Waals surface area contributed by atoms with Gasteiger partial charge in [-0.15, -0.1) is 0 Å². The van der Waals surface area contributed by atoms with E-state index in [4.69, 9.17) is 4.74 Å². The monoisotopic (exact) mass is 292 g/mol. The summed E-state index contributed by atoms with van der Waals surface area (Å²) in [5.74, 6) is 0.744. The van der Waals surface area contributed by atoms with E-state index in [2.05, 4.69) is 10.6 Å². The first-order valence-corrected chi connectivity index (χ1v) is 7.53. The average molecular weight is 292 g/mol. The van der Waals surface area contributed by atoms with E-state index in [0.717, 1.165) is 31.4 Å². The second kappa shape index (κ2) is 7.31. The lowest BCUT2D eigenvalue weighted by Crippen LogP contribution is -2.44. The minimum absolute atomic E-state index is 0.294. The molecule has 0 unspecified atom stereocenters. The summed E-state index contributed by atoms with van der Waals surface area (Å²) in [5, 5.41) is 16.0. The molecule has 0 atom stereocenters. The predicted octanol–water partition coefficient (Wildman–Crippen LogP) is 2.90. The van der Waals surface area contributed by atoms with Gasteiger partial charge < -0.3 is 20.5 Å². The third-order valence-electron chi connectivity index (χ3n) is 3.96. The van der Waals surface area contributed by atoms with Gasteiger partial charge in [0.05, 0.1) is 12.7 Å². The summed E-state index contributed by atoms with van der Waals surface area (Å²) in [6, 6.07) is 6.83. The molecular weight excluding hydrogens is 268 g/mol. The van der Waals surface area contributed by atoms with Crippen LogP contribution >= 0.6 is 0 Å². The zero-order valence-electron chi connectivity index (χ0n) is 12.5. The maximum atomic E-state index is 11.9. The summed E-state index contributed by atoms with van der Waals surface area (Å²) < 4.78 is 5.06. The lowest BCUT2D eigenvalue weighted by atomic mass is 9.95. The topological polar surface area (TPSA) is 70.6 Å². The second-order valence-corrected chi connectivity index (χ2v) is 5.67. The van der Waals surface area contributed by atoms with E-state index in [9.17, 15) is 9.90 Å². The second-order valence-electron chi connectivity index (χ2n) is 5.67. The van der Waals surface area contributed by atoms with Crippen molar-refractivity contribution in [1.29, 1.82) is 0 Å². The summed E-state index contributed by atoms with van der Waals surface area (Å²) in [5.41, 5.74) is -0.0607. The molecule has 0 heterocycles. The molecule has 0 spiro atoms. The van der Waals surface area contributed by atoms with Crippen LogP contribution in [-0.2, 0) is 0 Å². The fourth-order valence-corrected chi connectivity index (χ4v) is 2.66. The number of anilines is 1. The molecule has 1 aliphatic carbocycles. The first-order chi connectivity index (χ1) is 10.1. The van der Waals surface area contributed by atoms with Gasteiger partial charge in [0.15, 0.2) is 0 Å². The Bertz CT molecular complexity index is 451. The fourth-order valence-electron chi connectivity index (χ4n) is 2.66. The van der Waals surface area contributed by atoms with E-state index in [1.54, 1.807) is 31.4 Å². The van der Waals surface area contributed by atoms with Gasteiger partial charge in [-0.2, -0.15) is 0 Å². The van der Waals surface area contributed by atoms with E-state index >= 15 is 0 Å². The largest absolute Gasteiger partial charge is 0.497 e. The Morgan fingerprint density at radius 2 is 1.81 bits per heavy atom. The van der Waals surface area contributed by atoms with Gasteiger partial charge >= 0.3 is 6.03 Å².